The Morgan fingerprint density at radius 2 is 2.07 bits per heavy atom. The molecule has 0 bridgehead atoms. The molecule has 5 nitrogen and oxygen atoms in total. The number of thiophene rings is 1. The number of aromatic nitrogens is 1. The molecule has 0 spiro atoms. The maximum absolute atomic E-state index is 13.9. The van der Waals surface area contributed by atoms with Crippen LogP contribution in [0.2, 0.25) is 10.0 Å². The Bertz CT molecular complexity index is 1280. The molecule has 1 aromatic carbocycles. The quantitative estimate of drug-likeness (QED) is 0.256. The van der Waals surface area contributed by atoms with E-state index in [0.717, 1.165) is 10.4 Å². The van der Waals surface area contributed by atoms with Crippen molar-refractivity contribution in [3.8, 4) is 16.2 Å². The van der Waals surface area contributed by atoms with Gasteiger partial charge in [-0.3, -0.25) is 4.79 Å². The third kappa shape index (κ3) is 3.53. The van der Waals surface area contributed by atoms with E-state index >= 15 is 0 Å². The molecule has 1 atom stereocenters. The fraction of sp³-hybridized carbons (Fsp3) is 0.143. The fourth-order valence-corrected chi connectivity index (χ4v) is 4.71. The minimum Gasteiger partial charge on any atom is -0.478 e. The Hall–Kier alpha value is -2.61. The first-order chi connectivity index (χ1) is 14.3. The molecule has 0 saturated carbocycles. The number of carbonyl (C=O) groups is 1. The predicted molar refractivity (Wildman–Crippen MR) is 117 cm³/mol. The molecular formula is C21H15Cl2FN2O3S. The van der Waals surface area contributed by atoms with Crippen molar-refractivity contribution in [2.75, 3.05) is 5.73 Å². The van der Waals surface area contributed by atoms with Crippen molar-refractivity contribution in [3.63, 3.8) is 0 Å². The number of anilines is 1. The van der Waals surface area contributed by atoms with Crippen LogP contribution in [0.15, 0.2) is 41.1 Å². The molecule has 0 saturated heterocycles. The standard InChI is InChI=1S/C21H15Cl2FN2O3S/c1-9(27)15-5-6-16(30-15)12-8-28-19-11(12)7-26-21(25)20(19)29-10(2)17-13(22)3-4-14(24)18(17)23/h3-8,10H,1-2H3,(H2,25,26). The fourth-order valence-electron chi connectivity index (χ4n) is 3.11. The van der Waals surface area contributed by atoms with Gasteiger partial charge in [0, 0.05) is 27.2 Å². The Labute approximate surface area is 185 Å². The molecule has 4 rings (SSSR count). The number of halogens is 3. The molecule has 0 radical (unpaired) electrons. The summed E-state index contributed by atoms with van der Waals surface area (Å²) in [6.07, 6.45) is 2.41. The smallest absolute Gasteiger partial charge is 0.205 e. The normalized spacial score (nSPS) is 12.3. The van der Waals surface area contributed by atoms with E-state index in [-0.39, 0.29) is 27.4 Å². The van der Waals surface area contributed by atoms with Gasteiger partial charge >= 0.3 is 0 Å². The summed E-state index contributed by atoms with van der Waals surface area (Å²) in [4.78, 5) is 17.3. The Balaban J connectivity index is 1.77. The molecule has 1 unspecified atom stereocenters. The minimum atomic E-state index is -0.727. The molecule has 3 heterocycles. The van der Waals surface area contributed by atoms with E-state index in [2.05, 4.69) is 4.98 Å². The molecule has 3 aromatic heterocycles. The summed E-state index contributed by atoms with van der Waals surface area (Å²) in [6.45, 7) is 3.19. The largest absolute Gasteiger partial charge is 0.478 e. The number of nitrogens with zero attached hydrogens (tertiary/aromatic N) is 1. The van der Waals surface area contributed by atoms with Crippen LogP contribution in [0.25, 0.3) is 21.4 Å². The lowest BCUT2D eigenvalue weighted by Gasteiger charge is -2.18. The van der Waals surface area contributed by atoms with Crippen LogP contribution in [0.3, 0.4) is 0 Å². The first-order valence-corrected chi connectivity index (χ1v) is 10.4. The van der Waals surface area contributed by atoms with E-state index in [1.54, 1.807) is 25.5 Å². The third-order valence-corrected chi connectivity index (χ3v) is 6.53. The number of Topliss-reactive ketones (excluding diaryl/α,β-unsaturated/α-hetero) is 1. The Morgan fingerprint density at radius 3 is 2.77 bits per heavy atom. The van der Waals surface area contributed by atoms with Crippen molar-refractivity contribution in [1.29, 1.82) is 0 Å². The van der Waals surface area contributed by atoms with Crippen LogP contribution in [0.4, 0.5) is 10.2 Å². The summed E-state index contributed by atoms with van der Waals surface area (Å²) in [7, 11) is 0. The summed E-state index contributed by atoms with van der Waals surface area (Å²) in [5.74, 6) is -0.307. The second-order valence-electron chi connectivity index (χ2n) is 6.60. The van der Waals surface area contributed by atoms with Gasteiger partial charge in [-0.25, -0.2) is 9.37 Å². The monoisotopic (exact) mass is 464 g/mol. The molecular weight excluding hydrogens is 450 g/mol. The number of nitrogens with two attached hydrogens (primary N) is 1. The second-order valence-corrected chi connectivity index (χ2v) is 8.47. The minimum absolute atomic E-state index is 0.0110. The van der Waals surface area contributed by atoms with Crippen LogP contribution >= 0.6 is 34.5 Å². The van der Waals surface area contributed by atoms with Gasteiger partial charge in [-0.15, -0.1) is 11.3 Å². The molecule has 0 aliphatic carbocycles. The molecule has 154 valence electrons. The van der Waals surface area contributed by atoms with Crippen LogP contribution in [0, 0.1) is 5.82 Å². The van der Waals surface area contributed by atoms with Crippen LogP contribution in [0.1, 0.15) is 35.2 Å². The molecule has 4 aromatic rings. The van der Waals surface area contributed by atoms with Gasteiger partial charge in [0.15, 0.2) is 17.2 Å². The van der Waals surface area contributed by atoms with Crippen LogP contribution in [0.5, 0.6) is 5.75 Å². The van der Waals surface area contributed by atoms with Gasteiger partial charge in [-0.1, -0.05) is 23.2 Å². The molecule has 0 amide bonds. The summed E-state index contributed by atoms with van der Waals surface area (Å²) in [6, 6.07) is 6.21. The molecule has 0 fully saturated rings. The Kier molecular flexibility index (Phi) is 5.44. The van der Waals surface area contributed by atoms with Crippen molar-refractivity contribution in [2.45, 2.75) is 20.0 Å². The molecule has 0 aliphatic rings. The zero-order valence-corrected chi connectivity index (χ0v) is 18.2. The number of fused-ring (bicyclic) bond motifs is 1. The summed E-state index contributed by atoms with van der Waals surface area (Å²) < 4.78 is 25.6. The zero-order valence-electron chi connectivity index (χ0n) is 15.8. The summed E-state index contributed by atoms with van der Waals surface area (Å²) in [5.41, 5.74) is 7.47. The van der Waals surface area contributed by atoms with E-state index in [4.69, 9.17) is 38.1 Å². The topological polar surface area (TPSA) is 78.3 Å². The van der Waals surface area contributed by atoms with Gasteiger partial charge in [-0.05, 0) is 38.1 Å². The maximum Gasteiger partial charge on any atom is 0.205 e. The average Bonchev–Trinajstić information content (AvgIpc) is 3.34. The van der Waals surface area contributed by atoms with Crippen LogP contribution in [-0.4, -0.2) is 10.8 Å². The molecule has 2 N–H and O–H groups in total. The van der Waals surface area contributed by atoms with Gasteiger partial charge in [-0.2, -0.15) is 0 Å². The number of ether oxygens (including phenoxy) is 1. The van der Waals surface area contributed by atoms with E-state index in [1.165, 1.54) is 30.4 Å². The first kappa shape index (κ1) is 20.7. The number of ketones is 1. The van der Waals surface area contributed by atoms with Crippen molar-refractivity contribution >= 4 is 57.1 Å². The number of hydrogen-bond donors (Lipinski definition) is 1. The van der Waals surface area contributed by atoms with E-state index in [0.29, 0.717) is 21.4 Å². The van der Waals surface area contributed by atoms with Gasteiger partial charge < -0.3 is 14.9 Å². The number of benzene rings is 1. The van der Waals surface area contributed by atoms with Gasteiger partial charge in [0.1, 0.15) is 18.2 Å². The van der Waals surface area contributed by atoms with Crippen LogP contribution in [-0.2, 0) is 0 Å². The number of hydrogen-bond acceptors (Lipinski definition) is 6. The summed E-state index contributed by atoms with van der Waals surface area (Å²) in [5, 5.41) is 0.812. The average molecular weight is 465 g/mol. The molecule has 30 heavy (non-hydrogen) atoms. The predicted octanol–water partition coefficient (Wildman–Crippen LogP) is 6.93. The zero-order chi connectivity index (χ0) is 21.6. The SMILES string of the molecule is CC(=O)c1ccc(-c2coc3c(OC(C)c4c(Cl)ccc(F)c4Cl)c(N)ncc23)s1. The van der Waals surface area contributed by atoms with Gasteiger partial charge in [0.25, 0.3) is 0 Å². The van der Waals surface area contributed by atoms with Crippen LogP contribution < -0.4 is 10.5 Å². The highest BCUT2D eigenvalue weighted by atomic mass is 35.5. The highest BCUT2D eigenvalue weighted by Gasteiger charge is 2.23. The highest BCUT2D eigenvalue weighted by Crippen LogP contribution is 2.42. The first-order valence-electron chi connectivity index (χ1n) is 8.84. The third-order valence-electron chi connectivity index (χ3n) is 4.60. The van der Waals surface area contributed by atoms with E-state index in [1.807, 2.05) is 6.07 Å². The van der Waals surface area contributed by atoms with Crippen molar-refractivity contribution < 1.29 is 18.3 Å². The van der Waals surface area contributed by atoms with Gasteiger partial charge in [0.05, 0.1) is 15.3 Å². The maximum atomic E-state index is 13.9. The Morgan fingerprint density at radius 1 is 1.30 bits per heavy atom. The molecule has 9 heteroatoms. The van der Waals surface area contributed by atoms with Crippen molar-refractivity contribution in [1.82, 2.24) is 4.98 Å². The van der Waals surface area contributed by atoms with E-state index in [9.17, 15) is 9.18 Å². The lowest BCUT2D eigenvalue weighted by Crippen LogP contribution is -2.08. The summed E-state index contributed by atoms with van der Waals surface area (Å²) >= 11 is 13.7. The number of rotatable bonds is 5. The van der Waals surface area contributed by atoms with Crippen molar-refractivity contribution in [2.24, 2.45) is 0 Å². The van der Waals surface area contributed by atoms with Gasteiger partial charge in [0.2, 0.25) is 5.75 Å². The van der Waals surface area contributed by atoms with E-state index < -0.39 is 11.9 Å². The molecule has 0 aliphatic heterocycles. The highest BCUT2D eigenvalue weighted by molar-refractivity contribution is 7.17. The number of furan rings is 1. The lowest BCUT2D eigenvalue weighted by molar-refractivity contribution is 0.102. The number of pyridine rings is 1. The number of nitrogen functional groups attached to an aromatic ring is 1. The second kappa shape index (κ2) is 7.91. The lowest BCUT2D eigenvalue weighted by atomic mass is 10.1. The van der Waals surface area contributed by atoms with Crippen molar-refractivity contribution in [3.05, 3.63) is 63.0 Å². The number of carbonyl (C=O) groups excluding carboxylic acids is 1.